The zero-order valence-corrected chi connectivity index (χ0v) is 23.9. The first kappa shape index (κ1) is 26.7. The third kappa shape index (κ3) is 3.57. The minimum Gasteiger partial charge on any atom is -0.493 e. The maximum absolute atomic E-state index is 14.8. The number of anilines is 1. The molecule has 0 radical (unpaired) electrons. The molecular weight excluding hydrogens is 542 g/mol. The Morgan fingerprint density at radius 1 is 0.744 bits per heavy atom. The van der Waals surface area contributed by atoms with Crippen LogP contribution in [0, 0.1) is 5.41 Å². The van der Waals surface area contributed by atoms with Gasteiger partial charge in [-0.15, -0.1) is 0 Å². The molecule has 0 unspecified atom stereocenters. The number of nitrogens with zero attached hydrogens (tertiary/aromatic N) is 1. The largest absolute Gasteiger partial charge is 0.493 e. The highest BCUT2D eigenvalue weighted by atomic mass is 16.5. The van der Waals surface area contributed by atoms with Gasteiger partial charge >= 0.3 is 0 Å². The summed E-state index contributed by atoms with van der Waals surface area (Å²) in [6, 6.07) is 25.6. The van der Waals surface area contributed by atoms with Crippen LogP contribution in [0.15, 0.2) is 97.1 Å². The number of ether oxygens (including phenoxy) is 3. The molecule has 0 bridgehead atoms. The van der Waals surface area contributed by atoms with Crippen molar-refractivity contribution in [1.29, 1.82) is 0 Å². The Bertz CT molecular complexity index is 1770. The fourth-order valence-corrected chi connectivity index (χ4v) is 7.34. The fraction of sp³-hybridized carbons (Fsp3) is 0.194. The van der Waals surface area contributed by atoms with E-state index in [1.165, 1.54) is 21.3 Å². The number of carbonyl (C=O) groups is 3. The molecule has 4 aromatic carbocycles. The molecule has 0 saturated carbocycles. The van der Waals surface area contributed by atoms with Crippen molar-refractivity contribution in [2.45, 2.75) is 18.0 Å². The zero-order valence-electron chi connectivity index (χ0n) is 23.9. The second kappa shape index (κ2) is 9.98. The number of hydrogen-bond acceptors (Lipinski definition) is 7. The summed E-state index contributed by atoms with van der Waals surface area (Å²) in [5.41, 5.74) is 1.85. The van der Waals surface area contributed by atoms with Crippen molar-refractivity contribution >= 4 is 29.1 Å². The number of hydrogen-bond donors (Lipinski definition) is 0. The van der Waals surface area contributed by atoms with Crippen LogP contribution >= 0.6 is 0 Å². The lowest BCUT2D eigenvalue weighted by atomic mass is 9.64. The molecule has 3 aliphatic rings. The average molecular weight is 572 g/mol. The summed E-state index contributed by atoms with van der Waals surface area (Å²) in [5, 5.41) is 0. The molecule has 2 heterocycles. The number of ketones is 3. The third-order valence-electron chi connectivity index (χ3n) is 9.09. The number of carbonyl (C=O) groups excluding carboxylic acids is 3. The molecule has 7 heteroatoms. The summed E-state index contributed by atoms with van der Waals surface area (Å²) < 4.78 is 17.0. The highest BCUT2D eigenvalue weighted by Gasteiger charge is 2.71. The van der Waals surface area contributed by atoms with Crippen LogP contribution in [-0.4, -0.2) is 50.8 Å². The van der Waals surface area contributed by atoms with E-state index in [4.69, 9.17) is 14.2 Å². The Hall–Kier alpha value is -5.17. The first-order valence-electron chi connectivity index (χ1n) is 14.1. The molecule has 214 valence electrons. The Labute approximate surface area is 249 Å². The SMILES string of the molecule is COc1cc([C@@H]2[C@@H](C(=O)c3ccccc3)N3c4ccccc4C=C[C@H]3C23C(=O)c2ccccc2C3=O)cc(OC)c1OC. The lowest BCUT2D eigenvalue weighted by Crippen LogP contribution is -2.48. The zero-order chi connectivity index (χ0) is 29.9. The van der Waals surface area contributed by atoms with E-state index in [2.05, 4.69) is 0 Å². The van der Waals surface area contributed by atoms with E-state index in [-0.39, 0.29) is 17.3 Å². The van der Waals surface area contributed by atoms with Crippen LogP contribution in [0.25, 0.3) is 6.08 Å². The normalized spacial score (nSPS) is 20.9. The van der Waals surface area contributed by atoms with Gasteiger partial charge in [0.15, 0.2) is 28.8 Å². The quantitative estimate of drug-likeness (QED) is 0.207. The number of rotatable bonds is 6. The van der Waals surface area contributed by atoms with Crippen LogP contribution < -0.4 is 19.1 Å². The van der Waals surface area contributed by atoms with Gasteiger partial charge in [-0.2, -0.15) is 0 Å². The van der Waals surface area contributed by atoms with Crippen LogP contribution in [0.2, 0.25) is 0 Å². The summed E-state index contributed by atoms with van der Waals surface area (Å²) in [6.07, 6.45) is 3.86. The predicted molar refractivity (Wildman–Crippen MR) is 163 cm³/mol. The van der Waals surface area contributed by atoms with Crippen molar-refractivity contribution in [2.24, 2.45) is 5.41 Å². The molecule has 4 aromatic rings. The summed E-state index contributed by atoms with van der Waals surface area (Å²) in [6.45, 7) is 0. The minimum atomic E-state index is -1.63. The summed E-state index contributed by atoms with van der Waals surface area (Å²) >= 11 is 0. The number of benzene rings is 4. The van der Waals surface area contributed by atoms with E-state index >= 15 is 0 Å². The minimum absolute atomic E-state index is 0.192. The molecule has 0 aromatic heterocycles. The van der Waals surface area contributed by atoms with E-state index < -0.39 is 23.4 Å². The molecule has 1 aliphatic carbocycles. The van der Waals surface area contributed by atoms with E-state index in [0.717, 1.165) is 11.3 Å². The molecule has 43 heavy (non-hydrogen) atoms. The van der Waals surface area contributed by atoms with Gasteiger partial charge in [-0.05, 0) is 29.3 Å². The Balaban J connectivity index is 1.58. The topological polar surface area (TPSA) is 82.1 Å². The second-order valence-corrected chi connectivity index (χ2v) is 11.0. The third-order valence-corrected chi connectivity index (χ3v) is 9.09. The van der Waals surface area contributed by atoms with Gasteiger partial charge in [0.1, 0.15) is 11.5 Å². The average Bonchev–Trinajstić information content (AvgIpc) is 3.50. The fourth-order valence-electron chi connectivity index (χ4n) is 7.34. The van der Waals surface area contributed by atoms with Crippen LogP contribution in [0.5, 0.6) is 17.2 Å². The highest BCUT2D eigenvalue weighted by Crippen LogP contribution is 2.61. The number of methoxy groups -OCH3 is 3. The van der Waals surface area contributed by atoms with Crippen LogP contribution in [0.4, 0.5) is 5.69 Å². The van der Waals surface area contributed by atoms with Gasteiger partial charge in [0.2, 0.25) is 5.75 Å². The Morgan fingerprint density at radius 3 is 1.93 bits per heavy atom. The van der Waals surface area contributed by atoms with Crippen molar-refractivity contribution < 1.29 is 28.6 Å². The molecule has 0 N–H and O–H groups in total. The monoisotopic (exact) mass is 571 g/mol. The van der Waals surface area contributed by atoms with E-state index in [9.17, 15) is 14.4 Å². The maximum atomic E-state index is 14.8. The van der Waals surface area contributed by atoms with E-state index in [1.807, 2.05) is 59.5 Å². The molecule has 3 atom stereocenters. The number of Topliss-reactive ketones (excluding diaryl/α,β-unsaturated/α-hetero) is 3. The van der Waals surface area contributed by atoms with Crippen molar-refractivity contribution in [3.63, 3.8) is 0 Å². The van der Waals surface area contributed by atoms with Gasteiger partial charge in [0.25, 0.3) is 0 Å². The lowest BCUT2D eigenvalue weighted by Gasteiger charge is -2.37. The number of para-hydroxylation sites is 1. The molecule has 0 amide bonds. The van der Waals surface area contributed by atoms with Gasteiger partial charge in [-0.3, -0.25) is 14.4 Å². The summed E-state index contributed by atoms with van der Waals surface area (Å²) in [4.78, 5) is 46.4. The van der Waals surface area contributed by atoms with Gasteiger partial charge in [0, 0.05) is 28.3 Å². The van der Waals surface area contributed by atoms with Gasteiger partial charge < -0.3 is 19.1 Å². The van der Waals surface area contributed by atoms with Crippen LogP contribution in [0.3, 0.4) is 0 Å². The molecule has 1 saturated heterocycles. The second-order valence-electron chi connectivity index (χ2n) is 11.0. The van der Waals surface area contributed by atoms with Crippen LogP contribution in [0.1, 0.15) is 48.1 Å². The molecule has 7 rings (SSSR count). The van der Waals surface area contributed by atoms with Crippen molar-refractivity contribution in [1.82, 2.24) is 0 Å². The van der Waals surface area contributed by atoms with E-state index in [1.54, 1.807) is 48.5 Å². The Morgan fingerprint density at radius 2 is 1.33 bits per heavy atom. The maximum Gasteiger partial charge on any atom is 0.203 e. The first-order chi connectivity index (χ1) is 21.0. The highest BCUT2D eigenvalue weighted by molar-refractivity contribution is 6.32. The Kier molecular flexibility index (Phi) is 6.20. The molecular formula is C36H29NO6. The predicted octanol–water partition coefficient (Wildman–Crippen LogP) is 6.03. The smallest absolute Gasteiger partial charge is 0.203 e. The van der Waals surface area contributed by atoms with Gasteiger partial charge in [-0.25, -0.2) is 0 Å². The number of fused-ring (bicyclic) bond motifs is 5. The molecule has 7 nitrogen and oxygen atoms in total. The van der Waals surface area contributed by atoms with Gasteiger partial charge in [0.05, 0.1) is 27.4 Å². The molecule has 1 spiro atoms. The van der Waals surface area contributed by atoms with Gasteiger partial charge in [-0.1, -0.05) is 84.9 Å². The van der Waals surface area contributed by atoms with Crippen molar-refractivity contribution in [2.75, 3.05) is 26.2 Å². The standard InChI is InChI=1S/C36H29NO6/c1-41-27-19-23(20-28(42-2)33(27)43-3)30-31(32(38)22-12-5-4-6-13-22)37-26-16-10-7-11-21(26)17-18-29(37)36(30)34(39)24-14-8-9-15-25(24)35(36)40/h4-20,29-31H,1-3H3/t29-,30+,31-/m0/s1. The summed E-state index contributed by atoms with van der Waals surface area (Å²) in [7, 11) is 4.55. The van der Waals surface area contributed by atoms with Crippen LogP contribution in [-0.2, 0) is 0 Å². The van der Waals surface area contributed by atoms with Crippen molar-refractivity contribution in [3.8, 4) is 17.2 Å². The summed E-state index contributed by atoms with van der Waals surface area (Å²) in [5.74, 6) is -0.571. The van der Waals surface area contributed by atoms with Crippen molar-refractivity contribution in [3.05, 3.63) is 125 Å². The molecule has 2 aliphatic heterocycles. The first-order valence-corrected chi connectivity index (χ1v) is 14.1. The lowest BCUT2D eigenvalue weighted by molar-refractivity contribution is 0.0665. The van der Waals surface area contributed by atoms with E-state index in [0.29, 0.717) is 39.5 Å². The molecule has 1 fully saturated rings.